The molecule has 1 aliphatic heterocycles. The lowest BCUT2D eigenvalue weighted by Crippen LogP contribution is -2.58. The van der Waals surface area contributed by atoms with Gasteiger partial charge in [-0.15, -0.1) is 0 Å². The van der Waals surface area contributed by atoms with Gasteiger partial charge >= 0.3 is 0 Å². The molecule has 0 radical (unpaired) electrons. The molecule has 2 rings (SSSR count). The zero-order chi connectivity index (χ0) is 15.4. The Labute approximate surface area is 126 Å². The van der Waals surface area contributed by atoms with Crippen molar-refractivity contribution in [1.82, 2.24) is 10.2 Å². The van der Waals surface area contributed by atoms with Crippen molar-refractivity contribution in [2.45, 2.75) is 6.04 Å². The van der Waals surface area contributed by atoms with Crippen molar-refractivity contribution < 1.29 is 14.0 Å². The predicted octanol–water partition coefficient (Wildman–Crippen LogP) is 0.177. The van der Waals surface area contributed by atoms with Crippen LogP contribution in [-0.2, 0) is 9.59 Å². The summed E-state index contributed by atoms with van der Waals surface area (Å²) < 4.78 is 12.9. The number of nitrogens with one attached hydrogen (secondary N) is 2. The molecule has 2 amide bonds. The van der Waals surface area contributed by atoms with Crippen molar-refractivity contribution >= 4 is 29.1 Å². The fraction of sp³-hybridized carbons (Fsp3) is 0.385. The van der Waals surface area contributed by atoms with E-state index in [4.69, 9.17) is 17.3 Å². The summed E-state index contributed by atoms with van der Waals surface area (Å²) in [4.78, 5) is 25.1. The average molecular weight is 315 g/mol. The molecule has 1 saturated heterocycles. The van der Waals surface area contributed by atoms with Crippen molar-refractivity contribution in [2.75, 3.05) is 31.5 Å². The van der Waals surface area contributed by atoms with E-state index < -0.39 is 17.8 Å². The number of hydrogen-bond acceptors (Lipinski definition) is 4. The number of amides is 2. The van der Waals surface area contributed by atoms with Gasteiger partial charge in [0.1, 0.15) is 11.9 Å². The Kier molecular flexibility index (Phi) is 5.11. The van der Waals surface area contributed by atoms with Crippen LogP contribution in [0.3, 0.4) is 0 Å². The Morgan fingerprint density at radius 3 is 2.95 bits per heavy atom. The van der Waals surface area contributed by atoms with Crippen molar-refractivity contribution in [2.24, 2.45) is 5.73 Å². The Morgan fingerprint density at radius 1 is 1.52 bits per heavy atom. The number of primary amides is 1. The van der Waals surface area contributed by atoms with Gasteiger partial charge in [0.2, 0.25) is 11.8 Å². The quantitative estimate of drug-likeness (QED) is 0.739. The molecule has 21 heavy (non-hydrogen) atoms. The molecule has 1 heterocycles. The number of nitrogens with two attached hydrogens (primary N) is 1. The summed E-state index contributed by atoms with van der Waals surface area (Å²) in [5.41, 5.74) is 5.64. The number of carbonyl (C=O) groups is 2. The molecular formula is C13H16ClFN4O2. The normalized spacial score (nSPS) is 19.2. The molecule has 0 aromatic heterocycles. The summed E-state index contributed by atoms with van der Waals surface area (Å²) in [6.45, 7) is 1.65. The first-order chi connectivity index (χ1) is 9.97. The zero-order valence-electron chi connectivity index (χ0n) is 11.2. The molecule has 4 N–H and O–H groups in total. The second kappa shape index (κ2) is 6.84. The fourth-order valence-electron chi connectivity index (χ4n) is 2.18. The number of hydrogen-bond donors (Lipinski definition) is 3. The maximum atomic E-state index is 12.9. The lowest BCUT2D eigenvalue weighted by molar-refractivity contribution is -0.125. The summed E-state index contributed by atoms with van der Waals surface area (Å²) in [5.74, 6) is -1.29. The molecule has 1 aromatic carbocycles. The first kappa shape index (κ1) is 15.7. The van der Waals surface area contributed by atoms with Gasteiger partial charge in [-0.3, -0.25) is 14.5 Å². The third-order valence-electron chi connectivity index (χ3n) is 3.23. The monoisotopic (exact) mass is 314 g/mol. The Balaban J connectivity index is 1.98. The van der Waals surface area contributed by atoms with Crippen molar-refractivity contribution in [3.05, 3.63) is 29.0 Å². The highest BCUT2D eigenvalue weighted by Crippen LogP contribution is 2.22. The average Bonchev–Trinajstić information content (AvgIpc) is 2.42. The minimum absolute atomic E-state index is 0.0169. The first-order valence-corrected chi connectivity index (χ1v) is 6.84. The summed E-state index contributed by atoms with van der Waals surface area (Å²) in [6, 6.07) is 3.19. The molecule has 1 aliphatic rings. The van der Waals surface area contributed by atoms with E-state index in [1.165, 1.54) is 12.1 Å². The Bertz CT molecular complexity index is 555. The maximum Gasteiger partial charge on any atom is 0.238 e. The van der Waals surface area contributed by atoms with Gasteiger partial charge in [0.15, 0.2) is 0 Å². The molecule has 114 valence electrons. The molecule has 1 fully saturated rings. The second-order valence-corrected chi connectivity index (χ2v) is 5.17. The smallest absolute Gasteiger partial charge is 0.238 e. The predicted molar refractivity (Wildman–Crippen MR) is 77.5 cm³/mol. The maximum absolute atomic E-state index is 12.9. The number of piperazine rings is 1. The van der Waals surface area contributed by atoms with E-state index in [1.807, 2.05) is 0 Å². The summed E-state index contributed by atoms with van der Waals surface area (Å²) >= 11 is 5.84. The topological polar surface area (TPSA) is 87.5 Å². The van der Waals surface area contributed by atoms with Crippen molar-refractivity contribution in [3.63, 3.8) is 0 Å². The second-order valence-electron chi connectivity index (χ2n) is 4.77. The van der Waals surface area contributed by atoms with Crippen molar-refractivity contribution in [1.29, 1.82) is 0 Å². The van der Waals surface area contributed by atoms with Gasteiger partial charge < -0.3 is 16.4 Å². The molecule has 0 spiro atoms. The standard InChI is InChI=1S/C13H16ClFN4O2/c14-9-5-8(15)1-2-10(9)18-12(20)7-19-4-3-17-6-11(19)13(16)21/h1-2,5,11,17H,3-4,6-7H2,(H2,16,21)(H,18,20). The Morgan fingerprint density at radius 2 is 2.29 bits per heavy atom. The number of halogens is 2. The summed E-state index contributed by atoms with van der Waals surface area (Å²) in [5, 5.41) is 5.76. The van der Waals surface area contributed by atoms with Gasteiger partial charge in [-0.05, 0) is 18.2 Å². The number of nitrogens with zero attached hydrogens (tertiary/aromatic N) is 1. The Hall–Kier alpha value is -1.70. The highest BCUT2D eigenvalue weighted by Gasteiger charge is 2.28. The van der Waals surface area contributed by atoms with Crippen LogP contribution in [-0.4, -0.2) is 48.9 Å². The molecule has 1 unspecified atom stereocenters. The van der Waals surface area contributed by atoms with E-state index in [2.05, 4.69) is 10.6 Å². The van der Waals surface area contributed by atoms with Gasteiger partial charge in [0.25, 0.3) is 0 Å². The lowest BCUT2D eigenvalue weighted by Gasteiger charge is -2.33. The first-order valence-electron chi connectivity index (χ1n) is 6.46. The molecule has 8 heteroatoms. The van der Waals surface area contributed by atoms with E-state index in [9.17, 15) is 14.0 Å². The van der Waals surface area contributed by atoms with E-state index in [0.717, 1.165) is 6.07 Å². The molecule has 1 aromatic rings. The fourth-order valence-corrected chi connectivity index (χ4v) is 2.40. The molecular weight excluding hydrogens is 299 g/mol. The molecule has 0 bridgehead atoms. The molecule has 6 nitrogen and oxygen atoms in total. The van der Waals surface area contributed by atoms with Crippen molar-refractivity contribution in [3.8, 4) is 0 Å². The van der Waals surface area contributed by atoms with Crippen LogP contribution in [0, 0.1) is 5.82 Å². The number of rotatable bonds is 4. The van der Waals surface area contributed by atoms with Gasteiger partial charge in [-0.25, -0.2) is 4.39 Å². The van der Waals surface area contributed by atoms with Crippen LogP contribution in [0.5, 0.6) is 0 Å². The van der Waals surface area contributed by atoms with Gasteiger partial charge in [-0.1, -0.05) is 11.6 Å². The van der Waals surface area contributed by atoms with E-state index in [1.54, 1.807) is 4.90 Å². The van der Waals surface area contributed by atoms with Gasteiger partial charge in [0.05, 0.1) is 17.3 Å². The minimum atomic E-state index is -0.520. The third-order valence-corrected chi connectivity index (χ3v) is 3.55. The highest BCUT2D eigenvalue weighted by atomic mass is 35.5. The van der Waals surface area contributed by atoms with Gasteiger partial charge in [0, 0.05) is 19.6 Å². The van der Waals surface area contributed by atoms with Crippen LogP contribution in [0.1, 0.15) is 0 Å². The van der Waals surface area contributed by atoms with Crippen LogP contribution in [0.4, 0.5) is 10.1 Å². The number of carbonyl (C=O) groups excluding carboxylic acids is 2. The van der Waals surface area contributed by atoms with Gasteiger partial charge in [-0.2, -0.15) is 0 Å². The number of anilines is 1. The highest BCUT2D eigenvalue weighted by molar-refractivity contribution is 6.33. The minimum Gasteiger partial charge on any atom is -0.368 e. The zero-order valence-corrected chi connectivity index (χ0v) is 12.0. The summed E-state index contributed by atoms with van der Waals surface area (Å²) in [6.07, 6.45) is 0. The van der Waals surface area contributed by atoms with E-state index in [0.29, 0.717) is 25.3 Å². The van der Waals surface area contributed by atoms with E-state index >= 15 is 0 Å². The van der Waals surface area contributed by atoms with Crippen LogP contribution in [0.15, 0.2) is 18.2 Å². The molecule has 1 atom stereocenters. The van der Waals surface area contributed by atoms with Crippen LogP contribution < -0.4 is 16.4 Å². The molecule has 0 saturated carbocycles. The van der Waals surface area contributed by atoms with Crippen LogP contribution in [0.2, 0.25) is 5.02 Å². The van der Waals surface area contributed by atoms with Crippen LogP contribution >= 0.6 is 11.6 Å². The third kappa shape index (κ3) is 4.13. The molecule has 0 aliphatic carbocycles. The van der Waals surface area contributed by atoms with Crippen LogP contribution in [0.25, 0.3) is 0 Å². The summed E-state index contributed by atoms with van der Waals surface area (Å²) in [7, 11) is 0. The van der Waals surface area contributed by atoms with E-state index in [-0.39, 0.29) is 17.5 Å². The number of benzene rings is 1. The SMILES string of the molecule is NC(=O)C1CNCCN1CC(=O)Nc1ccc(F)cc1Cl. The largest absolute Gasteiger partial charge is 0.368 e. The lowest BCUT2D eigenvalue weighted by atomic mass is 10.2.